The third-order valence-corrected chi connectivity index (χ3v) is 26.2. The quantitative estimate of drug-likeness (QED) is 0.0271. The predicted octanol–water partition coefficient (Wildman–Crippen LogP) is 26.5. The summed E-state index contributed by atoms with van der Waals surface area (Å²) >= 11 is 9.84. The highest BCUT2D eigenvalue weighted by atomic mass is 32.2. The zero-order chi connectivity index (χ0) is 75.0. The SMILES string of the molecule is C#CC#CC#CC#CC#COC1=C(OC#CC#CC#CC#CC#C)SC(=C2c3ccccc3-c3c2c2c(c4c3C(=C3SC(OCCCCCCCCCC)=C(OCCCCCCCCCC)S3)c3ccccc3-4)C(=C3SC(OCCCCCCCCCC)=C(OCCCCCCCCCC)S3)c3ccccc3-2)S1. The Bertz CT molecular complexity index is 4410. The van der Waals surface area contributed by atoms with Gasteiger partial charge in [-0.1, -0.05) is 280 Å². The maximum Gasteiger partial charge on any atom is 0.229 e. The van der Waals surface area contributed by atoms with Crippen LogP contribution >= 0.6 is 70.6 Å². The van der Waals surface area contributed by atoms with Gasteiger partial charge in [0.05, 0.1) is 39.1 Å². The summed E-state index contributed by atoms with van der Waals surface area (Å²) in [5.41, 5.74) is 17.3. The molecule has 0 N–H and O–H groups in total. The number of terminal acetylenes is 2. The summed E-state index contributed by atoms with van der Waals surface area (Å²) in [4.78, 5) is 0. The van der Waals surface area contributed by atoms with Gasteiger partial charge in [0.1, 0.15) is 12.2 Å². The van der Waals surface area contributed by atoms with E-state index in [-0.39, 0.29) is 0 Å². The molecule has 10 rings (SSSR count). The van der Waals surface area contributed by atoms with Crippen molar-refractivity contribution >= 4 is 87.3 Å². The molecule has 12 heteroatoms. The highest BCUT2D eigenvalue weighted by Gasteiger charge is 2.47. The van der Waals surface area contributed by atoms with Crippen LogP contribution in [0, 0.1) is 120 Å². The summed E-state index contributed by atoms with van der Waals surface area (Å²) in [6, 6.07) is 27.0. The van der Waals surface area contributed by atoms with Gasteiger partial charge in [0.2, 0.25) is 30.5 Å². The van der Waals surface area contributed by atoms with Crippen LogP contribution in [0.1, 0.15) is 267 Å². The Hall–Kier alpha value is -8.18. The van der Waals surface area contributed by atoms with Gasteiger partial charge in [-0.25, -0.2) is 0 Å². The molecule has 554 valence electrons. The first-order valence-electron chi connectivity index (χ1n) is 39.4. The van der Waals surface area contributed by atoms with E-state index in [0.29, 0.717) is 36.6 Å². The van der Waals surface area contributed by atoms with Gasteiger partial charge in [-0.15, -0.1) is 12.8 Å². The van der Waals surface area contributed by atoms with Gasteiger partial charge in [-0.05, 0) is 194 Å². The van der Waals surface area contributed by atoms with Crippen molar-refractivity contribution in [2.45, 2.75) is 233 Å². The Balaban J connectivity index is 1.13. The lowest BCUT2D eigenvalue weighted by molar-refractivity contribution is 0.183. The second kappa shape index (κ2) is 47.0. The van der Waals surface area contributed by atoms with Gasteiger partial charge >= 0.3 is 0 Å². The highest BCUT2D eigenvalue weighted by Crippen LogP contribution is 2.70. The fourth-order valence-corrected chi connectivity index (χ4v) is 21.0. The van der Waals surface area contributed by atoms with Crippen molar-refractivity contribution in [3.63, 3.8) is 0 Å². The summed E-state index contributed by atoms with van der Waals surface area (Å²) < 4.78 is 43.9. The molecular weight excluding hydrogens is 1440 g/mol. The van der Waals surface area contributed by atoms with Crippen LogP contribution in [0.5, 0.6) is 0 Å². The molecule has 3 aliphatic carbocycles. The number of unbranched alkanes of at least 4 members (excludes halogenated alkanes) is 28. The molecule has 0 aromatic heterocycles. The van der Waals surface area contributed by atoms with E-state index in [1.807, 2.05) is 0 Å². The fraction of sp³-hybridized carbons (Fsp3) is 0.417. The van der Waals surface area contributed by atoms with Crippen molar-refractivity contribution in [2.24, 2.45) is 0 Å². The van der Waals surface area contributed by atoms with Crippen LogP contribution in [0.3, 0.4) is 0 Å². The first-order valence-corrected chi connectivity index (χ1v) is 44.3. The maximum absolute atomic E-state index is 7.01. The van der Waals surface area contributed by atoms with E-state index in [1.54, 1.807) is 47.0 Å². The number of hydrogen-bond donors (Lipinski definition) is 0. The highest BCUT2D eigenvalue weighted by molar-refractivity contribution is 8.29. The van der Waals surface area contributed by atoms with Crippen LogP contribution in [0.4, 0.5) is 0 Å². The molecule has 0 unspecified atom stereocenters. The lowest BCUT2D eigenvalue weighted by atomic mass is 9.84. The van der Waals surface area contributed by atoms with E-state index in [1.165, 1.54) is 217 Å². The number of thioether (sulfide) groups is 6. The standard InChI is InChI=1S/C96H98O6S6/c1-7-13-19-25-31-37-43-55-67-97-88-89(98-68-56-44-38-32-26-20-14-8-2)104-94(103-88)82-76-64-52-49-61-73(76)79-85(82)80-74-62-50-53-65-77(74)83(95-105-90(99-69-57-45-39-33-27-21-15-9-3)91(106-95)100-70-58-46-40-34-28-22-16-10-4)87(80)81-75-63-51-54-66-78(75)84(86(79)81)96-107-92(101-71-59-47-41-35-29-23-17-11-5)93(108-96)102-72-60-48-42-36-30-24-18-12-6/h1-2,49-54,61-66H,9-12,15-18,21-24,27-30,33-36,39-42,45-48,57-60,69-72H2,3-6H3. The molecule has 6 nitrogen and oxygen atoms in total. The topological polar surface area (TPSA) is 55.4 Å². The second-order valence-corrected chi connectivity index (χ2v) is 33.6. The molecule has 0 amide bonds. The van der Waals surface area contributed by atoms with Gasteiger partial charge < -0.3 is 28.4 Å². The Kier molecular flexibility index (Phi) is 35.8. The summed E-state index contributed by atoms with van der Waals surface area (Å²) in [7, 11) is 0. The third-order valence-electron chi connectivity index (χ3n) is 19.1. The van der Waals surface area contributed by atoms with Gasteiger partial charge in [-0.2, -0.15) is 0 Å². The molecule has 6 aliphatic rings. The predicted molar refractivity (Wildman–Crippen MR) is 464 cm³/mol. The number of hydrogen-bond acceptors (Lipinski definition) is 12. The van der Waals surface area contributed by atoms with E-state index in [9.17, 15) is 0 Å². The Morgan fingerprint density at radius 1 is 0.241 bits per heavy atom. The zero-order valence-electron chi connectivity index (χ0n) is 63.4. The molecular formula is C96H98O6S6. The normalized spacial score (nSPS) is 13.5. The minimum absolute atomic E-state index is 0.393. The lowest BCUT2D eigenvalue weighted by Crippen LogP contribution is -1.98. The first-order chi connectivity index (χ1) is 53.5. The average molecular weight is 1540 g/mol. The molecule has 3 heterocycles. The number of ether oxygens (including phenoxy) is 6. The van der Waals surface area contributed by atoms with Gasteiger partial charge in [-0.3, -0.25) is 0 Å². The smallest absolute Gasteiger partial charge is 0.229 e. The monoisotopic (exact) mass is 1540 g/mol. The van der Waals surface area contributed by atoms with E-state index in [2.05, 4.69) is 207 Å². The molecule has 0 saturated heterocycles. The number of fused-ring (bicyclic) bond motifs is 12. The van der Waals surface area contributed by atoms with E-state index in [4.69, 9.17) is 41.3 Å². The average Bonchev–Trinajstić information content (AvgIpc) is 1.50. The molecule has 3 aliphatic heterocycles. The minimum atomic E-state index is 0.393. The number of rotatable bonds is 42. The molecule has 0 atom stereocenters. The number of benzene rings is 4. The summed E-state index contributed by atoms with van der Waals surface area (Å²) in [6.45, 7) is 11.7. The molecule has 0 spiro atoms. The molecule has 0 fully saturated rings. The zero-order valence-corrected chi connectivity index (χ0v) is 68.3. The van der Waals surface area contributed by atoms with E-state index < -0.39 is 0 Å². The van der Waals surface area contributed by atoms with Crippen LogP contribution in [0.15, 0.2) is 116 Å². The molecule has 0 radical (unpaired) electrons. The van der Waals surface area contributed by atoms with Crippen molar-refractivity contribution in [3.8, 4) is 153 Å². The summed E-state index contributed by atoms with van der Waals surface area (Å²) in [5, 5.41) is 4.21. The van der Waals surface area contributed by atoms with Gasteiger partial charge in [0, 0.05) is 80.8 Å². The van der Waals surface area contributed by atoms with Crippen molar-refractivity contribution in [1.29, 1.82) is 0 Å². The molecule has 0 saturated carbocycles. The van der Waals surface area contributed by atoms with Crippen LogP contribution in [-0.4, -0.2) is 26.4 Å². The second-order valence-electron chi connectivity index (χ2n) is 27.0. The molecule has 4 aromatic carbocycles. The summed E-state index contributed by atoms with van der Waals surface area (Å²) in [5.74, 6) is 41.7. The van der Waals surface area contributed by atoms with E-state index in [0.717, 1.165) is 129 Å². The fourth-order valence-electron chi connectivity index (χ4n) is 13.9. The third kappa shape index (κ3) is 23.2. The van der Waals surface area contributed by atoms with Crippen molar-refractivity contribution < 1.29 is 28.4 Å². The summed E-state index contributed by atoms with van der Waals surface area (Å²) in [6.07, 6.45) is 55.3. The van der Waals surface area contributed by atoms with E-state index >= 15 is 0 Å². The molecule has 108 heavy (non-hydrogen) atoms. The lowest BCUT2D eigenvalue weighted by Gasteiger charge is -2.20. The van der Waals surface area contributed by atoms with Crippen molar-refractivity contribution in [1.82, 2.24) is 0 Å². The van der Waals surface area contributed by atoms with Crippen molar-refractivity contribution in [2.75, 3.05) is 26.4 Å². The van der Waals surface area contributed by atoms with Crippen molar-refractivity contribution in [3.05, 3.63) is 149 Å². The van der Waals surface area contributed by atoms with Gasteiger partial charge in [0.25, 0.3) is 0 Å². The van der Waals surface area contributed by atoms with Crippen LogP contribution in [-0.2, 0) is 28.4 Å². The first kappa shape index (κ1) is 82.3. The van der Waals surface area contributed by atoms with Crippen LogP contribution < -0.4 is 0 Å². The minimum Gasteiger partial charge on any atom is -0.483 e. The van der Waals surface area contributed by atoms with Crippen LogP contribution in [0.25, 0.3) is 50.1 Å². The Morgan fingerprint density at radius 3 is 0.704 bits per heavy atom. The van der Waals surface area contributed by atoms with Crippen LogP contribution in [0.2, 0.25) is 0 Å². The maximum atomic E-state index is 7.01. The van der Waals surface area contributed by atoms with Gasteiger partial charge in [0.15, 0.2) is 0 Å². The Labute approximate surface area is 672 Å². The Morgan fingerprint density at radius 2 is 0.454 bits per heavy atom. The molecule has 4 aromatic rings. The molecule has 0 bridgehead atoms. The largest absolute Gasteiger partial charge is 0.483 e.